The molecular weight excluding hydrogens is 454 g/mol. The summed E-state index contributed by atoms with van der Waals surface area (Å²) in [6, 6.07) is 3.10. The molecule has 2 aromatic rings. The van der Waals surface area contributed by atoms with Crippen molar-refractivity contribution in [1.82, 2.24) is 5.32 Å². The van der Waals surface area contributed by atoms with Gasteiger partial charge < -0.3 is 20.5 Å². The minimum atomic E-state index is -4.71. The van der Waals surface area contributed by atoms with Crippen LogP contribution in [0.2, 0.25) is 0 Å². The molecule has 0 fully saturated rings. The van der Waals surface area contributed by atoms with E-state index in [2.05, 4.69) is 10.6 Å². The second kappa shape index (κ2) is 8.44. The number of rotatable bonds is 4. The Kier molecular flexibility index (Phi) is 5.94. The van der Waals surface area contributed by atoms with Gasteiger partial charge in [0.05, 0.1) is 23.4 Å². The van der Waals surface area contributed by atoms with Crippen LogP contribution in [0.15, 0.2) is 30.3 Å². The lowest BCUT2D eigenvalue weighted by Gasteiger charge is -2.39. The number of nitrogens with one attached hydrogen (secondary N) is 2. The number of aliphatic hydroxyl groups is 1. The van der Waals surface area contributed by atoms with E-state index in [9.17, 15) is 36.2 Å². The van der Waals surface area contributed by atoms with Gasteiger partial charge >= 0.3 is 12.2 Å². The maximum absolute atomic E-state index is 14.4. The van der Waals surface area contributed by atoms with E-state index in [4.69, 9.17) is 4.74 Å². The minimum Gasteiger partial charge on any atom is -0.481 e. The summed E-state index contributed by atoms with van der Waals surface area (Å²) < 4.78 is 86.3. The van der Waals surface area contributed by atoms with Crippen molar-refractivity contribution in [2.45, 2.75) is 43.2 Å². The Morgan fingerprint density at radius 3 is 2.55 bits per heavy atom. The molecule has 0 saturated carbocycles. The summed E-state index contributed by atoms with van der Waals surface area (Å²) in [5.74, 6) is -1.13. The smallest absolute Gasteiger partial charge is 0.416 e. The van der Waals surface area contributed by atoms with E-state index in [0.717, 1.165) is 18.2 Å². The molecule has 2 aromatic carbocycles. The van der Waals surface area contributed by atoms with E-state index in [1.54, 1.807) is 0 Å². The van der Waals surface area contributed by atoms with E-state index in [1.807, 2.05) is 0 Å². The summed E-state index contributed by atoms with van der Waals surface area (Å²) in [4.78, 5) is 12.7. The van der Waals surface area contributed by atoms with Crippen molar-refractivity contribution in [3.63, 3.8) is 0 Å². The van der Waals surface area contributed by atoms with Crippen molar-refractivity contribution >= 4 is 11.7 Å². The van der Waals surface area contributed by atoms with Crippen LogP contribution in [0.5, 0.6) is 5.75 Å². The summed E-state index contributed by atoms with van der Waals surface area (Å²) in [5.41, 5.74) is -2.07. The highest BCUT2D eigenvalue weighted by Crippen LogP contribution is 2.43. The van der Waals surface area contributed by atoms with Gasteiger partial charge in [-0.2, -0.15) is 13.2 Å². The lowest BCUT2D eigenvalue weighted by Crippen LogP contribution is -2.49. The number of hydrogen-bond donors (Lipinski definition) is 3. The van der Waals surface area contributed by atoms with Crippen molar-refractivity contribution in [1.29, 1.82) is 0 Å². The Labute approximate surface area is 184 Å². The fourth-order valence-electron chi connectivity index (χ4n) is 4.26. The van der Waals surface area contributed by atoms with Gasteiger partial charge in [-0.15, -0.1) is 0 Å². The molecule has 2 atom stereocenters. The van der Waals surface area contributed by atoms with Crippen molar-refractivity contribution in [3.05, 3.63) is 58.4 Å². The number of urea groups is 1. The number of amides is 2. The van der Waals surface area contributed by atoms with Gasteiger partial charge in [0.2, 0.25) is 0 Å². The second-order valence-electron chi connectivity index (χ2n) is 8.28. The number of benzene rings is 2. The Morgan fingerprint density at radius 1 is 1.15 bits per heavy atom. The first kappa shape index (κ1) is 23.2. The van der Waals surface area contributed by atoms with E-state index in [0.29, 0.717) is 23.6 Å². The average Bonchev–Trinajstić information content (AvgIpc) is 3.15. The highest BCUT2D eigenvalue weighted by molar-refractivity contribution is 5.91. The zero-order valence-electron chi connectivity index (χ0n) is 17.1. The third-order valence-electron chi connectivity index (χ3n) is 5.90. The molecule has 1 heterocycles. The highest BCUT2D eigenvalue weighted by Gasteiger charge is 2.43. The van der Waals surface area contributed by atoms with Crippen LogP contribution in [0.1, 0.15) is 34.7 Å². The molecule has 0 bridgehead atoms. The number of ether oxygens (including phenoxy) is 1. The van der Waals surface area contributed by atoms with Crippen LogP contribution in [-0.2, 0) is 19.0 Å². The number of fused-ring (bicyclic) bond motifs is 2. The van der Waals surface area contributed by atoms with Gasteiger partial charge in [0.15, 0.2) is 5.60 Å². The van der Waals surface area contributed by atoms with Crippen LogP contribution in [0, 0.1) is 5.82 Å². The number of alkyl halides is 5. The molecule has 1 aliphatic heterocycles. The van der Waals surface area contributed by atoms with Crippen molar-refractivity contribution in [2.24, 2.45) is 0 Å². The number of carbonyl (C=O) groups is 1. The largest absolute Gasteiger partial charge is 0.481 e. The first-order valence-electron chi connectivity index (χ1n) is 10.1. The predicted molar refractivity (Wildman–Crippen MR) is 106 cm³/mol. The van der Waals surface area contributed by atoms with Crippen LogP contribution < -0.4 is 15.4 Å². The van der Waals surface area contributed by atoms with Crippen LogP contribution >= 0.6 is 0 Å². The minimum absolute atomic E-state index is 0.102. The molecule has 0 aromatic heterocycles. The molecule has 33 heavy (non-hydrogen) atoms. The Bertz CT molecular complexity index is 1070. The molecular formula is C22H20F6N2O3. The molecule has 0 radical (unpaired) electrons. The van der Waals surface area contributed by atoms with E-state index in [1.165, 1.54) is 6.07 Å². The summed E-state index contributed by atoms with van der Waals surface area (Å²) in [7, 11) is 0. The Morgan fingerprint density at radius 2 is 1.88 bits per heavy atom. The molecule has 0 saturated heterocycles. The fraction of sp³-hybridized carbons (Fsp3) is 0.409. The van der Waals surface area contributed by atoms with Gasteiger partial charge in [-0.1, -0.05) is 12.1 Å². The van der Waals surface area contributed by atoms with Crippen molar-refractivity contribution in [2.75, 3.05) is 18.7 Å². The number of carbonyl (C=O) groups excluding carboxylic acids is 1. The standard InChI is InChI=1S/C22H20F6N2O3/c23-9-21(10-24)8-17(14-3-2-12(22(26,27)28)6-18(14)33-21)29-20(32)30-19-15-7-13(31)5-11(15)1-4-16(19)25/h1-4,6,13,17,31H,5,7-10H2,(H2,29,30,32)/t13-,17-/m1/s1. The SMILES string of the molecule is O=C(Nc1c(F)ccc2c1C[C@H](O)C2)N[C@@H]1CC(CF)(CF)Oc2cc(C(F)(F)F)ccc21. The van der Waals surface area contributed by atoms with Gasteiger partial charge in [0.25, 0.3) is 0 Å². The molecule has 2 aliphatic rings. The number of halogens is 6. The third-order valence-corrected chi connectivity index (χ3v) is 5.90. The fourth-order valence-corrected chi connectivity index (χ4v) is 4.26. The molecule has 4 rings (SSSR count). The van der Waals surface area contributed by atoms with E-state index in [-0.39, 0.29) is 24.1 Å². The third kappa shape index (κ3) is 4.46. The molecule has 2 amide bonds. The molecule has 178 valence electrons. The van der Waals surface area contributed by atoms with Crippen LogP contribution in [0.4, 0.5) is 36.8 Å². The number of aliphatic hydroxyl groups excluding tert-OH is 1. The first-order valence-corrected chi connectivity index (χ1v) is 10.1. The molecule has 0 spiro atoms. The summed E-state index contributed by atoms with van der Waals surface area (Å²) in [6.07, 6.45) is -5.38. The van der Waals surface area contributed by atoms with Gasteiger partial charge in [0, 0.05) is 18.4 Å². The molecule has 1 aliphatic carbocycles. The zero-order chi connectivity index (χ0) is 24.0. The highest BCUT2D eigenvalue weighted by atomic mass is 19.4. The molecule has 3 N–H and O–H groups in total. The summed E-state index contributed by atoms with van der Waals surface area (Å²) >= 11 is 0. The predicted octanol–water partition coefficient (Wildman–Crippen LogP) is 4.63. The lowest BCUT2D eigenvalue weighted by atomic mass is 9.88. The zero-order valence-corrected chi connectivity index (χ0v) is 17.1. The summed E-state index contributed by atoms with van der Waals surface area (Å²) in [5, 5.41) is 14.7. The maximum Gasteiger partial charge on any atom is 0.416 e. The molecule has 11 heteroatoms. The quantitative estimate of drug-likeness (QED) is 0.567. The van der Waals surface area contributed by atoms with Crippen LogP contribution in [-0.4, -0.2) is 36.2 Å². The molecule has 5 nitrogen and oxygen atoms in total. The van der Waals surface area contributed by atoms with E-state index >= 15 is 0 Å². The van der Waals surface area contributed by atoms with Gasteiger partial charge in [-0.05, 0) is 35.7 Å². The normalized spacial score (nSPS) is 21.1. The first-order chi connectivity index (χ1) is 15.5. The molecule has 0 unspecified atom stereocenters. The van der Waals surface area contributed by atoms with Crippen molar-refractivity contribution in [3.8, 4) is 5.75 Å². The Balaban J connectivity index is 1.62. The van der Waals surface area contributed by atoms with Crippen LogP contribution in [0.3, 0.4) is 0 Å². The topological polar surface area (TPSA) is 70.6 Å². The van der Waals surface area contributed by atoms with Gasteiger partial charge in [-0.3, -0.25) is 0 Å². The van der Waals surface area contributed by atoms with Crippen LogP contribution in [0.25, 0.3) is 0 Å². The summed E-state index contributed by atoms with van der Waals surface area (Å²) in [6.45, 7) is -2.67. The lowest BCUT2D eigenvalue weighted by molar-refractivity contribution is -0.137. The van der Waals surface area contributed by atoms with Gasteiger partial charge in [0.1, 0.15) is 24.9 Å². The van der Waals surface area contributed by atoms with Crippen molar-refractivity contribution < 1.29 is 41.0 Å². The van der Waals surface area contributed by atoms with Gasteiger partial charge in [-0.25, -0.2) is 18.0 Å². The monoisotopic (exact) mass is 474 g/mol. The van der Waals surface area contributed by atoms with E-state index < -0.39 is 60.4 Å². The second-order valence-corrected chi connectivity index (χ2v) is 8.28. The average molecular weight is 474 g/mol. The number of hydrogen-bond acceptors (Lipinski definition) is 3. The Hall–Kier alpha value is -2.95. The number of anilines is 1. The maximum atomic E-state index is 14.4.